The summed E-state index contributed by atoms with van der Waals surface area (Å²) in [7, 11) is 0. The molecule has 3 aliphatic rings. The third kappa shape index (κ3) is 2.00. The summed E-state index contributed by atoms with van der Waals surface area (Å²) in [5, 5.41) is 4.26. The fraction of sp³-hybridized carbons (Fsp3) is 0.467. The molecule has 1 unspecified atom stereocenters. The molecule has 1 N–H and O–H groups in total. The minimum atomic E-state index is 0.0415. The lowest BCUT2D eigenvalue weighted by Gasteiger charge is -2.28. The Bertz CT molecular complexity index is 593. The summed E-state index contributed by atoms with van der Waals surface area (Å²) in [6.07, 6.45) is 1.53. The molecule has 1 saturated heterocycles. The van der Waals surface area contributed by atoms with Crippen molar-refractivity contribution in [1.29, 1.82) is 0 Å². The lowest BCUT2D eigenvalue weighted by molar-refractivity contribution is -0.121. The monoisotopic (exact) mass is 287 g/mol. The van der Waals surface area contributed by atoms with Crippen LogP contribution in [0.4, 0.5) is 5.69 Å². The highest BCUT2D eigenvalue weighted by Crippen LogP contribution is 2.34. The van der Waals surface area contributed by atoms with E-state index in [9.17, 15) is 4.79 Å². The minimum Gasteiger partial charge on any atom is -0.370 e. The van der Waals surface area contributed by atoms with Crippen molar-refractivity contribution in [3.8, 4) is 0 Å². The average Bonchev–Trinajstić information content (AvgIpc) is 2.84. The quantitative estimate of drug-likeness (QED) is 0.854. The smallest absolute Gasteiger partial charge is 0.240 e. The van der Waals surface area contributed by atoms with Crippen molar-refractivity contribution in [2.45, 2.75) is 12.8 Å². The number of nitrogens with zero attached hydrogens (tertiary/aromatic N) is 2. The van der Waals surface area contributed by atoms with Crippen LogP contribution in [0.3, 0.4) is 0 Å². The van der Waals surface area contributed by atoms with Crippen molar-refractivity contribution in [3.05, 3.63) is 29.3 Å². The fourth-order valence-electron chi connectivity index (χ4n) is 3.31. The zero-order chi connectivity index (χ0) is 13.5. The highest BCUT2D eigenvalue weighted by atomic mass is 32.2. The fourth-order valence-corrected chi connectivity index (χ4v) is 4.21. The first-order valence-corrected chi connectivity index (χ1v) is 8.29. The number of anilines is 1. The number of hydrazone groups is 1. The van der Waals surface area contributed by atoms with Crippen LogP contribution < -0.4 is 10.3 Å². The molecule has 1 atom stereocenters. The molecule has 0 aromatic heterocycles. The van der Waals surface area contributed by atoms with Crippen molar-refractivity contribution in [1.82, 2.24) is 5.43 Å². The Morgan fingerprint density at radius 1 is 1.25 bits per heavy atom. The standard InChI is InChI=1S/C15H17N3OS/c19-14-9-11-7-10-8-12(18-3-5-20-6-4-18)1-2-13(10)15(11)17-16-14/h1-2,8,11H,3-7,9H2,(H,16,19). The number of hydrogen-bond donors (Lipinski definition) is 1. The van der Waals surface area contributed by atoms with Crippen LogP contribution in [0.1, 0.15) is 17.5 Å². The minimum absolute atomic E-state index is 0.0415. The van der Waals surface area contributed by atoms with Crippen LogP contribution in [0.2, 0.25) is 0 Å². The molecule has 0 spiro atoms. The van der Waals surface area contributed by atoms with E-state index in [-0.39, 0.29) is 11.8 Å². The number of nitrogens with one attached hydrogen (secondary N) is 1. The highest BCUT2D eigenvalue weighted by molar-refractivity contribution is 7.99. The summed E-state index contributed by atoms with van der Waals surface area (Å²) in [6.45, 7) is 2.27. The van der Waals surface area contributed by atoms with E-state index in [1.807, 2.05) is 11.8 Å². The summed E-state index contributed by atoms with van der Waals surface area (Å²) in [6, 6.07) is 6.69. The SMILES string of the molecule is O=C1CC2Cc3cc(N4CCSCC4)ccc3C2=NN1. The number of rotatable bonds is 1. The molecule has 0 radical (unpaired) electrons. The number of carbonyl (C=O) groups excluding carboxylic acids is 1. The van der Waals surface area contributed by atoms with Crippen LogP contribution in [0.25, 0.3) is 0 Å². The molecule has 0 saturated carbocycles. The molecule has 5 heteroatoms. The Morgan fingerprint density at radius 3 is 2.95 bits per heavy atom. The molecule has 0 bridgehead atoms. The van der Waals surface area contributed by atoms with E-state index >= 15 is 0 Å². The Morgan fingerprint density at radius 2 is 2.10 bits per heavy atom. The van der Waals surface area contributed by atoms with Gasteiger partial charge in [0.25, 0.3) is 0 Å². The van der Waals surface area contributed by atoms with Gasteiger partial charge in [-0.15, -0.1) is 0 Å². The topological polar surface area (TPSA) is 44.7 Å². The number of thioether (sulfide) groups is 1. The first kappa shape index (κ1) is 12.3. The molecule has 2 heterocycles. The Kier molecular flexibility index (Phi) is 2.95. The van der Waals surface area contributed by atoms with Gasteiger partial charge in [0, 0.05) is 48.2 Å². The van der Waals surface area contributed by atoms with Gasteiger partial charge >= 0.3 is 0 Å². The van der Waals surface area contributed by atoms with Crippen LogP contribution in [-0.4, -0.2) is 36.2 Å². The first-order chi connectivity index (χ1) is 9.81. The van der Waals surface area contributed by atoms with Gasteiger partial charge in [-0.25, -0.2) is 5.43 Å². The summed E-state index contributed by atoms with van der Waals surface area (Å²) in [5.41, 5.74) is 7.57. The maximum atomic E-state index is 11.4. The van der Waals surface area contributed by atoms with E-state index < -0.39 is 0 Å². The second kappa shape index (κ2) is 4.81. The summed E-state index contributed by atoms with van der Waals surface area (Å²) >= 11 is 2.03. The molecule has 1 amide bonds. The van der Waals surface area contributed by atoms with Crippen LogP contribution in [0.15, 0.2) is 23.3 Å². The van der Waals surface area contributed by atoms with E-state index in [1.54, 1.807) is 0 Å². The van der Waals surface area contributed by atoms with E-state index in [1.165, 1.54) is 28.3 Å². The lowest BCUT2D eigenvalue weighted by Crippen LogP contribution is -2.32. The summed E-state index contributed by atoms with van der Waals surface area (Å²) < 4.78 is 0. The largest absolute Gasteiger partial charge is 0.370 e. The van der Waals surface area contributed by atoms with Crippen LogP contribution in [0, 0.1) is 5.92 Å². The van der Waals surface area contributed by atoms with Crippen LogP contribution in [-0.2, 0) is 11.2 Å². The van der Waals surface area contributed by atoms with Crippen LogP contribution >= 0.6 is 11.8 Å². The van der Waals surface area contributed by atoms with Crippen molar-refractivity contribution in [2.75, 3.05) is 29.5 Å². The highest BCUT2D eigenvalue weighted by Gasteiger charge is 2.33. The Labute approximate surface area is 122 Å². The molecule has 1 fully saturated rings. The second-order valence-corrected chi connectivity index (χ2v) is 6.80. The molecule has 1 aromatic rings. The molecular formula is C15H17N3OS. The molecule has 1 aliphatic carbocycles. The number of fused-ring (bicyclic) bond motifs is 3. The third-order valence-corrected chi connectivity index (χ3v) is 5.27. The zero-order valence-corrected chi connectivity index (χ0v) is 12.1. The van der Waals surface area contributed by atoms with Gasteiger partial charge in [-0.3, -0.25) is 4.79 Å². The van der Waals surface area contributed by atoms with Gasteiger partial charge in [0.2, 0.25) is 5.91 Å². The van der Waals surface area contributed by atoms with Gasteiger partial charge in [0.15, 0.2) is 0 Å². The van der Waals surface area contributed by atoms with Gasteiger partial charge in [-0.05, 0) is 24.1 Å². The molecule has 20 heavy (non-hydrogen) atoms. The zero-order valence-electron chi connectivity index (χ0n) is 11.3. The first-order valence-electron chi connectivity index (χ1n) is 7.14. The van der Waals surface area contributed by atoms with Crippen molar-refractivity contribution >= 4 is 29.1 Å². The lowest BCUT2D eigenvalue weighted by atomic mass is 9.99. The van der Waals surface area contributed by atoms with Crippen LogP contribution in [0.5, 0.6) is 0 Å². The number of carbonyl (C=O) groups is 1. The normalized spacial score (nSPS) is 24.8. The molecule has 104 valence electrons. The van der Waals surface area contributed by atoms with E-state index in [0.717, 1.165) is 25.2 Å². The predicted molar refractivity (Wildman–Crippen MR) is 82.5 cm³/mol. The van der Waals surface area contributed by atoms with Gasteiger partial charge < -0.3 is 4.90 Å². The van der Waals surface area contributed by atoms with Crippen molar-refractivity contribution in [2.24, 2.45) is 11.0 Å². The molecule has 4 nitrogen and oxygen atoms in total. The molecule has 2 aliphatic heterocycles. The second-order valence-electron chi connectivity index (χ2n) is 5.58. The van der Waals surface area contributed by atoms with Gasteiger partial charge in [0.1, 0.15) is 0 Å². The number of amides is 1. The molecular weight excluding hydrogens is 270 g/mol. The van der Waals surface area contributed by atoms with E-state index in [2.05, 4.69) is 33.6 Å². The Hall–Kier alpha value is -1.49. The maximum absolute atomic E-state index is 11.4. The Balaban J connectivity index is 1.65. The number of benzene rings is 1. The summed E-state index contributed by atoms with van der Waals surface area (Å²) in [4.78, 5) is 13.9. The van der Waals surface area contributed by atoms with E-state index in [0.29, 0.717) is 6.42 Å². The molecule has 1 aromatic carbocycles. The van der Waals surface area contributed by atoms with E-state index in [4.69, 9.17) is 0 Å². The average molecular weight is 287 g/mol. The van der Waals surface area contributed by atoms with Crippen molar-refractivity contribution in [3.63, 3.8) is 0 Å². The predicted octanol–water partition coefficient (Wildman–Crippen LogP) is 1.64. The van der Waals surface area contributed by atoms with Gasteiger partial charge in [-0.2, -0.15) is 16.9 Å². The maximum Gasteiger partial charge on any atom is 0.240 e. The number of hydrogen-bond acceptors (Lipinski definition) is 4. The third-order valence-electron chi connectivity index (χ3n) is 4.33. The van der Waals surface area contributed by atoms with Crippen molar-refractivity contribution < 1.29 is 4.79 Å². The van der Waals surface area contributed by atoms with Gasteiger partial charge in [-0.1, -0.05) is 6.07 Å². The van der Waals surface area contributed by atoms with Gasteiger partial charge in [0.05, 0.1) is 5.71 Å². The molecule has 4 rings (SSSR count). The summed E-state index contributed by atoms with van der Waals surface area (Å²) in [5.74, 6) is 2.75.